The third-order valence-corrected chi connectivity index (χ3v) is 5.67. The SMILES string of the molecule is COc1ccccc1/C=N\NC(=O)CNC(=O)c1ccc(S(=O)(=O)N(C)C)cc1. The maximum atomic E-state index is 12.1. The number of hydrogen-bond donors (Lipinski definition) is 2. The number of ether oxygens (including phenoxy) is 1. The first-order valence-electron chi connectivity index (χ1n) is 8.51. The third kappa shape index (κ3) is 5.87. The molecule has 0 radical (unpaired) electrons. The normalized spacial score (nSPS) is 11.4. The number of para-hydroxylation sites is 1. The lowest BCUT2D eigenvalue weighted by atomic mass is 10.2. The second-order valence-corrected chi connectivity index (χ2v) is 8.18. The second-order valence-electron chi connectivity index (χ2n) is 6.03. The van der Waals surface area contributed by atoms with E-state index in [0.717, 1.165) is 4.31 Å². The van der Waals surface area contributed by atoms with Crippen LogP contribution in [0.1, 0.15) is 15.9 Å². The highest BCUT2D eigenvalue weighted by Gasteiger charge is 2.17. The molecule has 154 valence electrons. The molecule has 0 aliphatic heterocycles. The van der Waals surface area contributed by atoms with Crippen LogP contribution in [-0.4, -0.2) is 58.5 Å². The number of carbonyl (C=O) groups is 2. The minimum absolute atomic E-state index is 0.0717. The molecule has 2 aromatic rings. The van der Waals surface area contributed by atoms with Crippen LogP contribution in [0.2, 0.25) is 0 Å². The van der Waals surface area contributed by atoms with Crippen molar-refractivity contribution in [2.75, 3.05) is 27.7 Å². The van der Waals surface area contributed by atoms with E-state index in [0.29, 0.717) is 11.3 Å². The van der Waals surface area contributed by atoms with E-state index in [1.807, 2.05) is 6.07 Å². The Labute approximate surface area is 169 Å². The van der Waals surface area contributed by atoms with Gasteiger partial charge < -0.3 is 10.1 Å². The highest BCUT2D eigenvalue weighted by atomic mass is 32.2. The molecule has 0 spiro atoms. The number of hydrazone groups is 1. The number of nitrogens with one attached hydrogen (secondary N) is 2. The van der Waals surface area contributed by atoms with Crippen molar-refractivity contribution in [3.05, 3.63) is 59.7 Å². The predicted octanol–water partition coefficient (Wildman–Crippen LogP) is 0.826. The molecular weight excluding hydrogens is 396 g/mol. The number of nitrogens with zero attached hydrogens (tertiary/aromatic N) is 2. The number of rotatable bonds is 8. The Kier molecular flexibility index (Phi) is 7.46. The van der Waals surface area contributed by atoms with E-state index in [-0.39, 0.29) is 17.0 Å². The molecule has 2 aromatic carbocycles. The summed E-state index contributed by atoms with van der Waals surface area (Å²) < 4.78 is 30.3. The first-order chi connectivity index (χ1) is 13.8. The van der Waals surface area contributed by atoms with E-state index < -0.39 is 21.8 Å². The van der Waals surface area contributed by atoms with Gasteiger partial charge in [-0.3, -0.25) is 9.59 Å². The van der Waals surface area contributed by atoms with Gasteiger partial charge in [-0.15, -0.1) is 0 Å². The monoisotopic (exact) mass is 418 g/mol. The van der Waals surface area contributed by atoms with Crippen LogP contribution in [0, 0.1) is 0 Å². The molecule has 0 saturated heterocycles. The van der Waals surface area contributed by atoms with Crippen LogP contribution in [0.15, 0.2) is 58.5 Å². The van der Waals surface area contributed by atoms with Crippen molar-refractivity contribution < 1.29 is 22.7 Å². The van der Waals surface area contributed by atoms with Crippen LogP contribution in [0.25, 0.3) is 0 Å². The largest absolute Gasteiger partial charge is 0.496 e. The molecule has 0 heterocycles. The Balaban J connectivity index is 1.88. The van der Waals surface area contributed by atoms with E-state index in [1.54, 1.807) is 18.2 Å². The van der Waals surface area contributed by atoms with E-state index in [2.05, 4.69) is 15.8 Å². The highest BCUT2D eigenvalue weighted by molar-refractivity contribution is 7.89. The van der Waals surface area contributed by atoms with Gasteiger partial charge in [0.05, 0.1) is 24.8 Å². The van der Waals surface area contributed by atoms with Gasteiger partial charge in [0.25, 0.3) is 11.8 Å². The summed E-state index contributed by atoms with van der Waals surface area (Å²) in [6, 6.07) is 12.6. The first kappa shape index (κ1) is 22.1. The number of amides is 2. The van der Waals surface area contributed by atoms with Crippen molar-refractivity contribution in [1.29, 1.82) is 0 Å². The van der Waals surface area contributed by atoms with Crippen LogP contribution >= 0.6 is 0 Å². The molecule has 29 heavy (non-hydrogen) atoms. The van der Waals surface area contributed by atoms with Crippen LogP contribution in [-0.2, 0) is 14.8 Å². The van der Waals surface area contributed by atoms with Crippen molar-refractivity contribution in [2.24, 2.45) is 5.10 Å². The molecule has 0 unspecified atom stereocenters. The summed E-state index contributed by atoms with van der Waals surface area (Å²) in [5.74, 6) is -0.419. The number of carbonyl (C=O) groups excluding carboxylic acids is 2. The summed E-state index contributed by atoms with van der Waals surface area (Å²) in [7, 11) is 0.803. The lowest BCUT2D eigenvalue weighted by molar-refractivity contribution is -0.120. The van der Waals surface area contributed by atoms with Gasteiger partial charge >= 0.3 is 0 Å². The van der Waals surface area contributed by atoms with Crippen molar-refractivity contribution in [3.63, 3.8) is 0 Å². The topological polar surface area (TPSA) is 117 Å². The summed E-state index contributed by atoms with van der Waals surface area (Å²) in [4.78, 5) is 24.0. The average molecular weight is 418 g/mol. The molecule has 0 atom stereocenters. The molecule has 2 rings (SSSR count). The molecule has 0 saturated carbocycles. The molecule has 2 amide bonds. The number of hydrogen-bond acceptors (Lipinski definition) is 6. The first-order valence-corrected chi connectivity index (χ1v) is 9.95. The Morgan fingerprint density at radius 3 is 2.38 bits per heavy atom. The fraction of sp³-hybridized carbons (Fsp3) is 0.211. The molecule has 9 nitrogen and oxygen atoms in total. The van der Waals surface area contributed by atoms with E-state index in [4.69, 9.17) is 4.74 Å². The van der Waals surface area contributed by atoms with Gasteiger partial charge in [0.2, 0.25) is 10.0 Å². The van der Waals surface area contributed by atoms with Gasteiger partial charge in [0.15, 0.2) is 0 Å². The summed E-state index contributed by atoms with van der Waals surface area (Å²) in [6.07, 6.45) is 1.43. The van der Waals surface area contributed by atoms with Crippen molar-refractivity contribution in [3.8, 4) is 5.75 Å². The fourth-order valence-corrected chi connectivity index (χ4v) is 3.14. The van der Waals surface area contributed by atoms with E-state index in [9.17, 15) is 18.0 Å². The maximum Gasteiger partial charge on any atom is 0.259 e. The highest BCUT2D eigenvalue weighted by Crippen LogP contribution is 2.15. The van der Waals surface area contributed by atoms with Crippen molar-refractivity contribution in [1.82, 2.24) is 15.0 Å². The molecular formula is C19H22N4O5S. The standard InChI is InChI=1S/C19H22N4O5S/c1-23(2)29(26,27)16-10-8-14(9-11-16)19(25)20-13-18(24)22-21-12-15-6-4-5-7-17(15)28-3/h4-12H,13H2,1-3H3,(H,20,25)(H,22,24)/b21-12-. The zero-order chi connectivity index (χ0) is 21.4. The average Bonchev–Trinajstić information content (AvgIpc) is 2.72. The van der Waals surface area contributed by atoms with Gasteiger partial charge in [-0.05, 0) is 36.4 Å². The molecule has 0 aliphatic rings. The molecule has 0 fully saturated rings. The molecule has 0 aromatic heterocycles. The Bertz CT molecular complexity index is 1000. The Hall–Kier alpha value is -3.24. The van der Waals surface area contributed by atoms with Crippen LogP contribution < -0.4 is 15.5 Å². The van der Waals surface area contributed by atoms with Gasteiger partial charge in [-0.25, -0.2) is 18.1 Å². The predicted molar refractivity (Wildman–Crippen MR) is 108 cm³/mol. The Morgan fingerprint density at radius 1 is 1.10 bits per heavy atom. The van der Waals surface area contributed by atoms with Gasteiger partial charge in [-0.1, -0.05) is 12.1 Å². The van der Waals surface area contributed by atoms with E-state index in [1.165, 1.54) is 51.7 Å². The van der Waals surface area contributed by atoms with Crippen molar-refractivity contribution in [2.45, 2.75) is 4.90 Å². The summed E-state index contributed by atoms with van der Waals surface area (Å²) in [6.45, 7) is -0.292. The van der Waals surface area contributed by atoms with Crippen LogP contribution in [0.5, 0.6) is 5.75 Å². The lowest BCUT2D eigenvalue weighted by Crippen LogP contribution is -2.35. The Morgan fingerprint density at radius 2 is 1.76 bits per heavy atom. The zero-order valence-corrected chi connectivity index (χ0v) is 17.1. The van der Waals surface area contributed by atoms with Gasteiger partial charge in [-0.2, -0.15) is 5.10 Å². The summed E-state index contributed by atoms with van der Waals surface area (Å²) in [5.41, 5.74) is 3.22. The molecule has 0 aliphatic carbocycles. The smallest absolute Gasteiger partial charge is 0.259 e. The lowest BCUT2D eigenvalue weighted by Gasteiger charge is -2.11. The maximum absolute atomic E-state index is 12.1. The van der Waals surface area contributed by atoms with Gasteiger partial charge in [0, 0.05) is 25.2 Å². The van der Waals surface area contributed by atoms with Crippen LogP contribution in [0.3, 0.4) is 0 Å². The number of methoxy groups -OCH3 is 1. The summed E-state index contributed by atoms with van der Waals surface area (Å²) >= 11 is 0. The minimum atomic E-state index is -3.57. The summed E-state index contributed by atoms with van der Waals surface area (Å²) in [5, 5.41) is 6.27. The van der Waals surface area contributed by atoms with Crippen LogP contribution in [0.4, 0.5) is 0 Å². The second kappa shape index (κ2) is 9.80. The molecule has 10 heteroatoms. The zero-order valence-electron chi connectivity index (χ0n) is 16.2. The van der Waals surface area contributed by atoms with Crippen molar-refractivity contribution >= 4 is 28.1 Å². The number of sulfonamides is 1. The third-order valence-electron chi connectivity index (χ3n) is 3.84. The fourth-order valence-electron chi connectivity index (χ4n) is 2.24. The molecule has 2 N–H and O–H groups in total. The minimum Gasteiger partial charge on any atom is -0.496 e. The number of benzene rings is 2. The quantitative estimate of drug-likeness (QED) is 0.486. The van der Waals surface area contributed by atoms with E-state index >= 15 is 0 Å². The molecule has 0 bridgehead atoms. The van der Waals surface area contributed by atoms with Gasteiger partial charge in [0.1, 0.15) is 5.75 Å².